The van der Waals surface area contributed by atoms with Crippen LogP contribution in [-0.4, -0.2) is 25.8 Å². The number of rotatable bonds is 7. The molecule has 0 aliphatic heterocycles. The van der Waals surface area contributed by atoms with Crippen LogP contribution in [0.5, 0.6) is 0 Å². The van der Waals surface area contributed by atoms with Crippen LogP contribution < -0.4 is 0 Å². The van der Waals surface area contributed by atoms with Crippen molar-refractivity contribution in [2.24, 2.45) is 5.92 Å². The fraction of sp³-hybridized carbons (Fsp3) is 0.632. The summed E-state index contributed by atoms with van der Waals surface area (Å²) in [5, 5.41) is 10.8. The molecule has 130 valence electrons. The largest absolute Gasteiger partial charge is 0.417 e. The minimum absolute atomic E-state index is 0.0135. The molecule has 23 heavy (non-hydrogen) atoms. The molecule has 2 atom stereocenters. The van der Waals surface area contributed by atoms with E-state index < -0.39 is 20.3 Å². The highest BCUT2D eigenvalue weighted by molar-refractivity contribution is 6.74. The summed E-state index contributed by atoms with van der Waals surface area (Å²) in [5.74, 6) is -0.402. The lowest BCUT2D eigenvalue weighted by molar-refractivity contribution is -0.125. The minimum Gasteiger partial charge on any atom is -0.417 e. The molecule has 0 fully saturated rings. The average Bonchev–Trinajstić information content (AvgIpc) is 2.41. The van der Waals surface area contributed by atoms with Gasteiger partial charge in [-0.2, -0.15) is 0 Å². The van der Waals surface area contributed by atoms with Gasteiger partial charge in [-0.15, -0.1) is 0 Å². The Kier molecular flexibility index (Phi) is 6.75. The number of hydrogen-bond acceptors (Lipinski definition) is 3. The summed E-state index contributed by atoms with van der Waals surface area (Å²) in [6.07, 6.45) is -0.214. The Morgan fingerprint density at radius 3 is 2.30 bits per heavy atom. The molecule has 0 bridgehead atoms. The normalized spacial score (nSPS) is 15.3. The van der Waals surface area contributed by atoms with Crippen molar-refractivity contribution in [2.75, 3.05) is 6.61 Å². The number of aryl methyl sites for hydroxylation is 1. The minimum atomic E-state index is -1.82. The van der Waals surface area contributed by atoms with Gasteiger partial charge in [-0.3, -0.25) is 4.79 Å². The van der Waals surface area contributed by atoms with E-state index in [4.69, 9.17) is 4.43 Å². The lowest BCUT2D eigenvalue weighted by Crippen LogP contribution is -2.41. The number of aliphatic hydroxyl groups is 1. The maximum absolute atomic E-state index is 12.0. The number of Topliss-reactive ketones (excluding diaryl/α,β-unsaturated/α-hetero) is 1. The summed E-state index contributed by atoms with van der Waals surface area (Å²) in [4.78, 5) is 12.0. The Bertz CT molecular complexity index is 532. The third-order valence-electron chi connectivity index (χ3n) is 5.11. The Labute approximate surface area is 142 Å². The summed E-state index contributed by atoms with van der Waals surface area (Å²) in [5.41, 5.74) is 1.84. The Hall–Kier alpha value is -0.973. The van der Waals surface area contributed by atoms with E-state index in [9.17, 15) is 9.90 Å². The van der Waals surface area contributed by atoms with E-state index in [-0.39, 0.29) is 10.8 Å². The van der Waals surface area contributed by atoms with E-state index in [1.54, 1.807) is 6.92 Å². The van der Waals surface area contributed by atoms with Gasteiger partial charge in [0.15, 0.2) is 8.32 Å². The highest BCUT2D eigenvalue weighted by Gasteiger charge is 2.37. The van der Waals surface area contributed by atoms with Crippen LogP contribution in [0.15, 0.2) is 24.3 Å². The second-order valence-electron chi connectivity index (χ2n) is 7.92. The molecule has 0 aliphatic rings. The van der Waals surface area contributed by atoms with E-state index >= 15 is 0 Å². The van der Waals surface area contributed by atoms with Crippen molar-refractivity contribution >= 4 is 14.1 Å². The predicted molar refractivity (Wildman–Crippen MR) is 98.1 cm³/mol. The Morgan fingerprint density at radius 1 is 1.26 bits per heavy atom. The number of hydrogen-bond donors (Lipinski definition) is 1. The van der Waals surface area contributed by atoms with E-state index in [1.807, 2.05) is 31.2 Å². The van der Waals surface area contributed by atoms with Gasteiger partial charge in [0.1, 0.15) is 5.78 Å². The monoisotopic (exact) mass is 336 g/mol. The van der Waals surface area contributed by atoms with Gasteiger partial charge in [0.2, 0.25) is 0 Å². The van der Waals surface area contributed by atoms with Gasteiger partial charge in [0.05, 0.1) is 6.10 Å². The third kappa shape index (κ3) is 5.26. The molecule has 0 heterocycles. The van der Waals surface area contributed by atoms with Crippen molar-refractivity contribution in [1.29, 1.82) is 0 Å². The standard InChI is InChI=1S/C19H32O3Si/c1-14-10-8-9-11-16(14)18(21)17(15(2)20)12-13-22-23(6,7)19(3,4)5/h8-11,17-18,21H,12-13H2,1-7H3/t17-,18-/m1/s1. The number of ketones is 1. The Balaban J connectivity index is 2.78. The first-order chi connectivity index (χ1) is 10.5. The first kappa shape index (κ1) is 20.1. The SMILES string of the molecule is CC(=O)[C@@H](CCO[Si](C)(C)C(C)(C)C)[C@H](O)c1ccccc1C. The van der Waals surface area contributed by atoms with Crippen molar-refractivity contribution in [1.82, 2.24) is 0 Å². The molecule has 0 aliphatic carbocycles. The second kappa shape index (κ2) is 7.73. The third-order valence-corrected chi connectivity index (χ3v) is 9.65. The van der Waals surface area contributed by atoms with Crippen LogP contribution in [0.4, 0.5) is 0 Å². The quantitative estimate of drug-likeness (QED) is 0.738. The number of benzene rings is 1. The lowest BCUT2D eigenvalue weighted by atomic mass is 9.88. The summed E-state index contributed by atoms with van der Waals surface area (Å²) < 4.78 is 6.17. The van der Waals surface area contributed by atoms with Crippen molar-refractivity contribution in [3.05, 3.63) is 35.4 Å². The maximum Gasteiger partial charge on any atom is 0.191 e. The van der Waals surface area contributed by atoms with Crippen molar-refractivity contribution in [3.8, 4) is 0 Å². The molecule has 0 unspecified atom stereocenters. The first-order valence-corrected chi connectivity index (χ1v) is 11.3. The molecule has 3 nitrogen and oxygen atoms in total. The zero-order valence-corrected chi connectivity index (χ0v) is 16.6. The topological polar surface area (TPSA) is 46.5 Å². The van der Waals surface area contributed by atoms with Gasteiger partial charge in [-0.05, 0) is 49.5 Å². The molecule has 1 aromatic rings. The molecule has 0 saturated heterocycles. The van der Waals surface area contributed by atoms with Gasteiger partial charge < -0.3 is 9.53 Å². The van der Waals surface area contributed by atoms with Crippen LogP contribution in [0.25, 0.3) is 0 Å². The molecule has 1 N–H and O–H groups in total. The van der Waals surface area contributed by atoms with Crippen LogP contribution >= 0.6 is 0 Å². The molecule has 1 aromatic carbocycles. The Morgan fingerprint density at radius 2 is 1.83 bits per heavy atom. The van der Waals surface area contributed by atoms with Crippen molar-refractivity contribution in [2.45, 2.75) is 65.3 Å². The number of carbonyl (C=O) groups is 1. The van der Waals surface area contributed by atoms with E-state index in [0.29, 0.717) is 13.0 Å². The molecule has 4 heteroatoms. The molecule has 0 amide bonds. The van der Waals surface area contributed by atoms with Gasteiger partial charge in [0.25, 0.3) is 0 Å². The van der Waals surface area contributed by atoms with Crippen LogP contribution in [0.1, 0.15) is 51.3 Å². The lowest BCUT2D eigenvalue weighted by Gasteiger charge is -2.36. The highest BCUT2D eigenvalue weighted by Crippen LogP contribution is 2.37. The van der Waals surface area contributed by atoms with Crippen LogP contribution in [0.2, 0.25) is 18.1 Å². The fourth-order valence-corrected chi connectivity index (χ4v) is 3.44. The van der Waals surface area contributed by atoms with Gasteiger partial charge >= 0.3 is 0 Å². The summed E-state index contributed by atoms with van der Waals surface area (Å²) >= 11 is 0. The smallest absolute Gasteiger partial charge is 0.191 e. The summed E-state index contributed by atoms with van der Waals surface area (Å²) in [6, 6.07) is 7.69. The molecule has 0 spiro atoms. The van der Waals surface area contributed by atoms with E-state index in [0.717, 1.165) is 11.1 Å². The van der Waals surface area contributed by atoms with Crippen molar-refractivity contribution < 1.29 is 14.3 Å². The number of aliphatic hydroxyl groups excluding tert-OH is 1. The summed E-state index contributed by atoms with van der Waals surface area (Å²) in [7, 11) is -1.82. The zero-order chi connectivity index (χ0) is 17.8. The summed E-state index contributed by atoms with van der Waals surface area (Å²) in [6.45, 7) is 15.0. The molecular formula is C19H32O3Si. The number of carbonyl (C=O) groups excluding carboxylic acids is 1. The van der Waals surface area contributed by atoms with Crippen molar-refractivity contribution in [3.63, 3.8) is 0 Å². The predicted octanol–water partition coefficient (Wildman–Crippen LogP) is 4.65. The fourth-order valence-electron chi connectivity index (χ4n) is 2.38. The second-order valence-corrected chi connectivity index (χ2v) is 12.7. The first-order valence-electron chi connectivity index (χ1n) is 8.35. The van der Waals surface area contributed by atoms with E-state index in [1.165, 1.54) is 0 Å². The zero-order valence-electron chi connectivity index (χ0n) is 15.6. The van der Waals surface area contributed by atoms with Gasteiger partial charge in [0, 0.05) is 12.5 Å². The highest BCUT2D eigenvalue weighted by atomic mass is 28.4. The molecule has 0 saturated carbocycles. The van der Waals surface area contributed by atoms with Gasteiger partial charge in [-0.25, -0.2) is 0 Å². The molecule has 0 aromatic heterocycles. The average molecular weight is 337 g/mol. The molecule has 1 rings (SSSR count). The van der Waals surface area contributed by atoms with Crippen LogP contribution in [-0.2, 0) is 9.22 Å². The maximum atomic E-state index is 12.0. The molecular weight excluding hydrogens is 304 g/mol. The van der Waals surface area contributed by atoms with E-state index in [2.05, 4.69) is 33.9 Å². The molecule has 0 radical (unpaired) electrons. The van der Waals surface area contributed by atoms with Crippen LogP contribution in [0, 0.1) is 12.8 Å². The van der Waals surface area contributed by atoms with Gasteiger partial charge in [-0.1, -0.05) is 45.0 Å². The van der Waals surface area contributed by atoms with Crippen LogP contribution in [0.3, 0.4) is 0 Å².